The van der Waals surface area contributed by atoms with E-state index in [0.29, 0.717) is 11.5 Å². The average molecular weight is 721 g/mol. The van der Waals surface area contributed by atoms with Crippen LogP contribution in [0.3, 0.4) is 0 Å². The standard InChI is InChI=1S/C35H19N5O.Pt/c1-2-5-22(6-3-1)25-7-4-8-28-26-11-9-23(19-29(26)35-38-16-18-40(35)33(25)28)41-24-10-12-27-30(20-24)34-37-15-17-39(34)32-13-14-36-21-31(27)32;/h1-18,21H;/q-2;+2. The molecule has 0 bridgehead atoms. The van der Waals surface area contributed by atoms with Crippen molar-refractivity contribution in [3.8, 4) is 22.6 Å². The smallest absolute Gasteiger partial charge is 0.497 e. The normalized spacial score (nSPS) is 11.6. The fraction of sp³-hybridized carbons (Fsp3) is 0. The molecule has 0 aliphatic carbocycles. The molecule has 0 saturated heterocycles. The molecule has 6 nitrogen and oxygen atoms in total. The second-order valence-corrected chi connectivity index (χ2v) is 10.0. The van der Waals surface area contributed by atoms with Gasteiger partial charge in [-0.3, -0.25) is 15.0 Å². The Labute approximate surface area is 254 Å². The largest absolute Gasteiger partial charge is 2.00 e. The molecular weight excluding hydrogens is 701 g/mol. The maximum atomic E-state index is 6.36. The van der Waals surface area contributed by atoms with Gasteiger partial charge in [0.25, 0.3) is 0 Å². The van der Waals surface area contributed by atoms with Gasteiger partial charge in [0.15, 0.2) is 0 Å². The monoisotopic (exact) mass is 720 g/mol. The topological polar surface area (TPSA) is 56.7 Å². The molecule has 200 valence electrons. The zero-order chi connectivity index (χ0) is 26.9. The number of para-hydroxylation sites is 1. The van der Waals surface area contributed by atoms with Crippen molar-refractivity contribution in [1.29, 1.82) is 0 Å². The first-order chi connectivity index (χ1) is 20.3. The summed E-state index contributed by atoms with van der Waals surface area (Å²) in [5, 5.41) is 6.05. The number of aromatic nitrogens is 5. The molecule has 0 atom stereocenters. The van der Waals surface area contributed by atoms with E-state index in [1.807, 2.05) is 55.1 Å². The minimum atomic E-state index is 0. The van der Waals surface area contributed by atoms with Crippen molar-refractivity contribution in [2.75, 3.05) is 0 Å². The fourth-order valence-electron chi connectivity index (χ4n) is 6.02. The van der Waals surface area contributed by atoms with Crippen LogP contribution in [0.2, 0.25) is 0 Å². The van der Waals surface area contributed by atoms with Gasteiger partial charge in [-0.15, -0.1) is 12.1 Å². The Bertz CT molecular complexity index is 2460. The van der Waals surface area contributed by atoms with Crippen molar-refractivity contribution in [1.82, 2.24) is 23.8 Å². The van der Waals surface area contributed by atoms with Crippen molar-refractivity contribution in [3.05, 3.63) is 128 Å². The summed E-state index contributed by atoms with van der Waals surface area (Å²) in [6.45, 7) is 0. The maximum absolute atomic E-state index is 6.36. The number of nitrogens with zero attached hydrogens (tertiary/aromatic N) is 5. The number of fused-ring (bicyclic) bond motifs is 12. The first-order valence-electron chi connectivity index (χ1n) is 13.4. The van der Waals surface area contributed by atoms with E-state index in [4.69, 9.17) is 9.72 Å². The minimum absolute atomic E-state index is 0. The third-order valence-corrected chi connectivity index (χ3v) is 7.79. The molecule has 0 saturated carbocycles. The number of imidazole rings is 2. The Balaban J connectivity index is 0.00000267. The van der Waals surface area contributed by atoms with Crippen molar-refractivity contribution >= 4 is 54.6 Å². The van der Waals surface area contributed by atoms with Crippen LogP contribution in [0.1, 0.15) is 0 Å². The molecule has 0 aliphatic rings. The van der Waals surface area contributed by atoms with E-state index < -0.39 is 0 Å². The first-order valence-corrected chi connectivity index (χ1v) is 13.4. The van der Waals surface area contributed by atoms with Crippen LogP contribution in [0.5, 0.6) is 11.5 Å². The van der Waals surface area contributed by atoms with Gasteiger partial charge >= 0.3 is 21.1 Å². The zero-order valence-corrected chi connectivity index (χ0v) is 24.2. The summed E-state index contributed by atoms with van der Waals surface area (Å²) in [6.07, 6.45) is 11.3. The van der Waals surface area contributed by atoms with Crippen molar-refractivity contribution < 1.29 is 25.8 Å². The summed E-state index contributed by atoms with van der Waals surface area (Å²) >= 11 is 0. The van der Waals surface area contributed by atoms with Crippen LogP contribution in [-0.4, -0.2) is 23.8 Å². The molecule has 0 fully saturated rings. The Morgan fingerprint density at radius 1 is 0.595 bits per heavy atom. The maximum Gasteiger partial charge on any atom is 2.00 e. The van der Waals surface area contributed by atoms with Crippen molar-refractivity contribution in [3.63, 3.8) is 0 Å². The summed E-state index contributed by atoms with van der Waals surface area (Å²) in [7, 11) is 0. The number of benzene rings is 4. The van der Waals surface area contributed by atoms with Gasteiger partial charge in [0.1, 0.15) is 0 Å². The molecule has 5 heterocycles. The molecule has 0 spiro atoms. The van der Waals surface area contributed by atoms with Crippen LogP contribution in [0, 0.1) is 12.1 Å². The number of hydrogen-bond acceptors (Lipinski definition) is 4. The molecule has 5 aromatic heterocycles. The third-order valence-electron chi connectivity index (χ3n) is 7.79. The van der Waals surface area contributed by atoms with Crippen LogP contribution in [-0.2, 0) is 21.1 Å². The van der Waals surface area contributed by atoms with Crippen LogP contribution in [0.25, 0.3) is 65.8 Å². The van der Waals surface area contributed by atoms with E-state index >= 15 is 0 Å². The minimum Gasteiger partial charge on any atom is -0.497 e. The van der Waals surface area contributed by atoms with Crippen LogP contribution < -0.4 is 4.74 Å². The van der Waals surface area contributed by atoms with E-state index in [2.05, 4.69) is 79.4 Å². The predicted octanol–water partition coefficient (Wildman–Crippen LogP) is 8.05. The van der Waals surface area contributed by atoms with E-state index in [9.17, 15) is 0 Å². The molecule has 0 N–H and O–H groups in total. The molecule has 7 heteroatoms. The molecule has 42 heavy (non-hydrogen) atoms. The van der Waals surface area contributed by atoms with Gasteiger partial charge in [0.2, 0.25) is 0 Å². The summed E-state index contributed by atoms with van der Waals surface area (Å²) in [5.41, 5.74) is 6.16. The number of hydrogen-bond donors (Lipinski definition) is 0. The molecular formula is C35H19N5OPt. The van der Waals surface area contributed by atoms with Gasteiger partial charge in [-0.05, 0) is 22.4 Å². The van der Waals surface area contributed by atoms with Gasteiger partial charge in [-0.25, -0.2) is 0 Å². The number of rotatable bonds is 3. The first kappa shape index (κ1) is 24.7. The third kappa shape index (κ3) is 3.59. The fourth-order valence-corrected chi connectivity index (χ4v) is 6.02. The Kier molecular flexibility index (Phi) is 5.59. The van der Waals surface area contributed by atoms with E-state index in [1.54, 1.807) is 12.4 Å². The second-order valence-electron chi connectivity index (χ2n) is 10.0. The van der Waals surface area contributed by atoms with Crippen LogP contribution in [0.15, 0.2) is 116 Å². The Hall–Kier alpha value is -5.06. The molecule has 0 unspecified atom stereocenters. The Morgan fingerprint density at radius 3 is 2.05 bits per heavy atom. The quantitative estimate of drug-likeness (QED) is 0.137. The van der Waals surface area contributed by atoms with Gasteiger partial charge < -0.3 is 13.5 Å². The number of pyridine rings is 3. The molecule has 4 aromatic carbocycles. The van der Waals surface area contributed by atoms with Crippen molar-refractivity contribution in [2.24, 2.45) is 0 Å². The van der Waals surface area contributed by atoms with E-state index in [-0.39, 0.29) is 21.1 Å². The summed E-state index contributed by atoms with van der Waals surface area (Å²) in [4.78, 5) is 13.7. The molecule has 0 radical (unpaired) electrons. The van der Waals surface area contributed by atoms with E-state index in [0.717, 1.165) is 60.2 Å². The van der Waals surface area contributed by atoms with Crippen molar-refractivity contribution in [2.45, 2.75) is 0 Å². The Morgan fingerprint density at radius 2 is 1.29 bits per heavy atom. The summed E-state index contributed by atoms with van der Waals surface area (Å²) in [6, 6.07) is 33.9. The summed E-state index contributed by atoms with van der Waals surface area (Å²) < 4.78 is 10.6. The SMILES string of the molecule is [Pt+2].[c-]1c(Oc2[c-]c3c(cc2)c2cccc(-c4ccccc4)c2n2ccnc32)ccc2c1c1nccn1c1ccncc21. The van der Waals surface area contributed by atoms with Gasteiger partial charge in [-0.1, -0.05) is 94.3 Å². The predicted molar refractivity (Wildman–Crippen MR) is 161 cm³/mol. The molecule has 0 amide bonds. The zero-order valence-electron chi connectivity index (χ0n) is 21.9. The van der Waals surface area contributed by atoms with Gasteiger partial charge in [0, 0.05) is 65.3 Å². The number of ether oxygens (including phenoxy) is 1. The molecule has 9 aromatic rings. The second kappa shape index (κ2) is 9.50. The average Bonchev–Trinajstić information content (AvgIpc) is 3.73. The van der Waals surface area contributed by atoms with E-state index in [1.165, 1.54) is 5.56 Å². The van der Waals surface area contributed by atoms with Gasteiger partial charge in [0.05, 0.1) is 11.3 Å². The molecule has 0 aliphatic heterocycles. The molecule has 9 rings (SSSR count). The van der Waals surface area contributed by atoms with Gasteiger partial charge in [-0.2, -0.15) is 0 Å². The van der Waals surface area contributed by atoms with Crippen LogP contribution >= 0.6 is 0 Å². The summed E-state index contributed by atoms with van der Waals surface area (Å²) in [5.74, 6) is 1.19. The van der Waals surface area contributed by atoms with Crippen LogP contribution in [0.4, 0.5) is 0 Å².